The van der Waals surface area contributed by atoms with Gasteiger partial charge < -0.3 is 10.1 Å². The summed E-state index contributed by atoms with van der Waals surface area (Å²) in [4.78, 5) is 0. The van der Waals surface area contributed by atoms with Gasteiger partial charge in [0.25, 0.3) is 0 Å². The Labute approximate surface area is 114 Å². The van der Waals surface area contributed by atoms with E-state index in [4.69, 9.17) is 9.88 Å². The average molecular weight is 284 g/mol. The summed E-state index contributed by atoms with van der Waals surface area (Å²) in [7, 11) is -3.38. The van der Waals surface area contributed by atoms with E-state index in [1.165, 1.54) is 0 Å². The summed E-state index contributed by atoms with van der Waals surface area (Å²) in [5.74, 6) is 0.881. The first-order valence-electron chi connectivity index (χ1n) is 6.31. The van der Waals surface area contributed by atoms with Crippen molar-refractivity contribution >= 4 is 10.0 Å². The number of ether oxygens (including phenoxy) is 1. The number of para-hydroxylation sites is 1. The van der Waals surface area contributed by atoms with Crippen LogP contribution in [0.5, 0.6) is 5.75 Å². The zero-order valence-electron chi connectivity index (χ0n) is 11.2. The van der Waals surface area contributed by atoms with E-state index in [0.717, 1.165) is 11.3 Å². The molecule has 1 aromatic rings. The number of fused-ring (bicyclic) bond motifs is 1. The molecule has 1 aromatic carbocycles. The Morgan fingerprint density at radius 2 is 2.05 bits per heavy atom. The molecule has 19 heavy (non-hydrogen) atoms. The van der Waals surface area contributed by atoms with E-state index < -0.39 is 10.0 Å². The quantitative estimate of drug-likeness (QED) is 0.795. The van der Waals surface area contributed by atoms with Crippen LogP contribution in [0, 0.1) is 0 Å². The monoisotopic (exact) mass is 284 g/mol. The molecular formula is C13H20N2O3S. The van der Waals surface area contributed by atoms with E-state index in [1.54, 1.807) is 0 Å². The third kappa shape index (κ3) is 3.46. The minimum Gasteiger partial charge on any atom is -0.486 e. The summed E-state index contributed by atoms with van der Waals surface area (Å²) in [5.41, 5.74) is 0.772. The highest BCUT2D eigenvalue weighted by Crippen LogP contribution is 2.42. The van der Waals surface area contributed by atoms with Crippen molar-refractivity contribution in [1.29, 1.82) is 0 Å². The van der Waals surface area contributed by atoms with Gasteiger partial charge >= 0.3 is 0 Å². The predicted octanol–water partition coefficient (Wildman–Crippen LogP) is 1.17. The van der Waals surface area contributed by atoms with Crippen molar-refractivity contribution in [2.75, 3.05) is 12.3 Å². The third-order valence-electron chi connectivity index (χ3n) is 3.25. The van der Waals surface area contributed by atoms with Crippen molar-refractivity contribution < 1.29 is 13.2 Å². The lowest BCUT2D eigenvalue weighted by molar-refractivity contribution is 0.0967. The van der Waals surface area contributed by atoms with Crippen LogP contribution in [0.15, 0.2) is 24.3 Å². The number of hydrogen-bond acceptors (Lipinski definition) is 4. The molecule has 0 saturated heterocycles. The first-order chi connectivity index (χ1) is 8.80. The number of benzene rings is 1. The maximum absolute atomic E-state index is 10.9. The van der Waals surface area contributed by atoms with Crippen LogP contribution in [0.3, 0.4) is 0 Å². The summed E-state index contributed by atoms with van der Waals surface area (Å²) >= 11 is 0. The van der Waals surface area contributed by atoms with Gasteiger partial charge in [0.15, 0.2) is 0 Å². The molecule has 5 nitrogen and oxygen atoms in total. The Balaban J connectivity index is 1.99. The minimum atomic E-state index is -3.38. The lowest BCUT2D eigenvalue weighted by Crippen LogP contribution is -2.39. The van der Waals surface area contributed by atoms with Gasteiger partial charge in [-0.05, 0) is 32.9 Å². The molecule has 1 aliphatic rings. The molecule has 0 fully saturated rings. The summed E-state index contributed by atoms with van der Waals surface area (Å²) in [5, 5.41) is 8.33. The highest BCUT2D eigenvalue weighted by atomic mass is 32.2. The average Bonchev–Trinajstić information content (AvgIpc) is 2.53. The lowest BCUT2D eigenvalue weighted by atomic mass is 9.94. The Kier molecular flexibility index (Phi) is 3.85. The number of nitrogens with two attached hydrogens (primary N) is 1. The highest BCUT2D eigenvalue weighted by Gasteiger charge is 2.40. The van der Waals surface area contributed by atoms with Crippen molar-refractivity contribution in [3.63, 3.8) is 0 Å². The summed E-state index contributed by atoms with van der Waals surface area (Å²) in [6, 6.07) is 7.95. The van der Waals surface area contributed by atoms with Crippen LogP contribution in [0.25, 0.3) is 0 Å². The highest BCUT2D eigenvalue weighted by molar-refractivity contribution is 7.89. The van der Waals surface area contributed by atoms with Crippen LogP contribution in [0.1, 0.15) is 31.9 Å². The second-order valence-electron chi connectivity index (χ2n) is 5.35. The van der Waals surface area contributed by atoms with E-state index in [0.29, 0.717) is 13.0 Å². The van der Waals surface area contributed by atoms with Crippen LogP contribution >= 0.6 is 0 Å². The maximum atomic E-state index is 10.9. The minimum absolute atomic E-state index is 0.00431. The van der Waals surface area contributed by atoms with Gasteiger partial charge in [0.2, 0.25) is 10.0 Å². The Morgan fingerprint density at radius 3 is 2.74 bits per heavy atom. The van der Waals surface area contributed by atoms with Gasteiger partial charge in [0, 0.05) is 5.56 Å². The smallest absolute Gasteiger partial charge is 0.209 e. The van der Waals surface area contributed by atoms with Crippen molar-refractivity contribution in [1.82, 2.24) is 5.32 Å². The van der Waals surface area contributed by atoms with E-state index in [1.807, 2.05) is 38.1 Å². The van der Waals surface area contributed by atoms with Gasteiger partial charge in [-0.15, -0.1) is 0 Å². The van der Waals surface area contributed by atoms with Crippen molar-refractivity contribution in [2.24, 2.45) is 5.14 Å². The van der Waals surface area contributed by atoms with Gasteiger partial charge in [0.05, 0.1) is 11.8 Å². The topological polar surface area (TPSA) is 81.4 Å². The van der Waals surface area contributed by atoms with Crippen LogP contribution < -0.4 is 15.2 Å². The molecule has 0 aromatic heterocycles. The summed E-state index contributed by atoms with van der Waals surface area (Å²) in [6.45, 7) is 4.62. The zero-order valence-corrected chi connectivity index (χ0v) is 12.0. The Hall–Kier alpha value is -1.11. The van der Waals surface area contributed by atoms with Gasteiger partial charge in [-0.1, -0.05) is 18.2 Å². The molecule has 0 saturated carbocycles. The fourth-order valence-electron chi connectivity index (χ4n) is 2.40. The van der Waals surface area contributed by atoms with Crippen molar-refractivity contribution in [3.05, 3.63) is 29.8 Å². The third-order valence-corrected chi connectivity index (χ3v) is 4.11. The first-order valence-corrected chi connectivity index (χ1v) is 8.03. The molecule has 0 spiro atoms. The van der Waals surface area contributed by atoms with Gasteiger partial charge in [0.1, 0.15) is 11.4 Å². The van der Waals surface area contributed by atoms with Gasteiger partial charge in [-0.3, -0.25) is 0 Å². The molecule has 1 heterocycles. The molecule has 0 radical (unpaired) electrons. The molecule has 2 rings (SSSR count). The number of hydrogen-bond donors (Lipinski definition) is 2. The second-order valence-corrected chi connectivity index (χ2v) is 7.08. The molecular weight excluding hydrogens is 264 g/mol. The summed E-state index contributed by atoms with van der Waals surface area (Å²) < 4.78 is 27.7. The molecule has 1 aliphatic heterocycles. The summed E-state index contributed by atoms with van der Waals surface area (Å²) in [6.07, 6.45) is 0.494. The van der Waals surface area contributed by atoms with E-state index in [2.05, 4.69) is 5.32 Å². The second kappa shape index (κ2) is 5.11. The molecule has 3 N–H and O–H groups in total. The van der Waals surface area contributed by atoms with E-state index >= 15 is 0 Å². The SMILES string of the molecule is CC1(C)Oc2ccccc2C1NCCCS(N)(=O)=O. The Bertz CT molecular complexity index is 555. The number of rotatable bonds is 5. The fraction of sp³-hybridized carbons (Fsp3) is 0.538. The first kappa shape index (κ1) is 14.3. The van der Waals surface area contributed by atoms with Gasteiger partial charge in [-0.2, -0.15) is 0 Å². The molecule has 0 amide bonds. The van der Waals surface area contributed by atoms with Crippen LogP contribution in [-0.2, 0) is 10.0 Å². The molecule has 1 atom stereocenters. The molecule has 1 unspecified atom stereocenters. The molecule has 0 bridgehead atoms. The Morgan fingerprint density at radius 1 is 1.37 bits per heavy atom. The van der Waals surface area contributed by atoms with E-state index in [-0.39, 0.29) is 17.4 Å². The van der Waals surface area contributed by atoms with E-state index in [9.17, 15) is 8.42 Å². The van der Waals surface area contributed by atoms with Crippen LogP contribution in [-0.4, -0.2) is 26.3 Å². The number of primary sulfonamides is 1. The normalized spacial score (nSPS) is 20.9. The van der Waals surface area contributed by atoms with Gasteiger partial charge in [-0.25, -0.2) is 13.6 Å². The molecule has 6 heteroatoms. The number of nitrogens with one attached hydrogen (secondary N) is 1. The zero-order chi connectivity index (χ0) is 14.1. The van der Waals surface area contributed by atoms with Crippen LogP contribution in [0.4, 0.5) is 0 Å². The molecule has 0 aliphatic carbocycles. The largest absolute Gasteiger partial charge is 0.486 e. The van der Waals surface area contributed by atoms with Crippen molar-refractivity contribution in [2.45, 2.75) is 31.9 Å². The molecule has 106 valence electrons. The van der Waals surface area contributed by atoms with Crippen molar-refractivity contribution in [3.8, 4) is 5.75 Å². The fourth-order valence-corrected chi connectivity index (χ4v) is 2.95. The van der Waals surface area contributed by atoms with Crippen LogP contribution in [0.2, 0.25) is 0 Å². The standard InChI is InChI=1S/C13H20N2O3S/c1-13(2)12(15-8-5-9-19(14,16)17)10-6-3-4-7-11(10)18-13/h3-4,6-7,12,15H,5,8-9H2,1-2H3,(H2,14,16,17). The lowest BCUT2D eigenvalue weighted by Gasteiger charge is -2.27. The predicted molar refractivity (Wildman–Crippen MR) is 74.5 cm³/mol. The maximum Gasteiger partial charge on any atom is 0.209 e. The number of sulfonamides is 1.